The molecule has 2 N–H and O–H groups in total. The van der Waals surface area contributed by atoms with Gasteiger partial charge in [-0.1, -0.05) is 20.8 Å². The molecule has 20 heavy (non-hydrogen) atoms. The third kappa shape index (κ3) is 5.06. The van der Waals surface area contributed by atoms with Crippen molar-refractivity contribution in [2.45, 2.75) is 72.0 Å². The molecule has 0 atom stereocenters. The van der Waals surface area contributed by atoms with Gasteiger partial charge in [0, 0.05) is 6.54 Å². The molecule has 118 valence electrons. The molecule has 0 spiro atoms. The van der Waals surface area contributed by atoms with Crippen molar-refractivity contribution in [3.63, 3.8) is 0 Å². The molecule has 0 aliphatic heterocycles. The smallest absolute Gasteiger partial charge is 0.332 e. The zero-order valence-electron chi connectivity index (χ0n) is 13.7. The number of esters is 1. The van der Waals surface area contributed by atoms with Crippen molar-refractivity contribution in [1.29, 1.82) is 0 Å². The van der Waals surface area contributed by atoms with Gasteiger partial charge in [-0.2, -0.15) is 0 Å². The van der Waals surface area contributed by atoms with Gasteiger partial charge in [0.2, 0.25) is 0 Å². The Balaban J connectivity index is 2.48. The van der Waals surface area contributed by atoms with Crippen LogP contribution in [0.15, 0.2) is 0 Å². The highest BCUT2D eigenvalue weighted by Crippen LogP contribution is 2.42. The molecular weight excluding hydrogens is 254 g/mol. The standard InChI is InChI=1S/C16H31NO3/c1-12(2)20-14(18)10-19-16(11-17)8-6-13(7-9-16)15(3,4)5/h12-13H,6-11,17H2,1-5H3. The van der Waals surface area contributed by atoms with Gasteiger partial charge >= 0.3 is 5.97 Å². The summed E-state index contributed by atoms with van der Waals surface area (Å²) >= 11 is 0. The zero-order valence-corrected chi connectivity index (χ0v) is 13.7. The van der Waals surface area contributed by atoms with E-state index >= 15 is 0 Å². The molecule has 0 radical (unpaired) electrons. The number of ether oxygens (including phenoxy) is 2. The molecule has 1 aliphatic carbocycles. The summed E-state index contributed by atoms with van der Waals surface area (Å²) in [6.45, 7) is 11.0. The second kappa shape index (κ2) is 6.90. The third-order valence-corrected chi connectivity index (χ3v) is 4.36. The molecule has 0 amide bonds. The Bertz CT molecular complexity index is 312. The van der Waals surface area contributed by atoms with Gasteiger partial charge in [0.15, 0.2) is 0 Å². The predicted octanol–water partition coefficient (Wildman–Crippen LogP) is 2.89. The fourth-order valence-electron chi connectivity index (χ4n) is 2.93. The maximum atomic E-state index is 11.6. The van der Waals surface area contributed by atoms with E-state index in [1.54, 1.807) is 0 Å². The summed E-state index contributed by atoms with van der Waals surface area (Å²) in [5.74, 6) is 0.402. The maximum absolute atomic E-state index is 11.6. The Hall–Kier alpha value is -0.610. The minimum atomic E-state index is -0.336. The van der Waals surface area contributed by atoms with E-state index in [4.69, 9.17) is 15.2 Å². The minimum Gasteiger partial charge on any atom is -0.461 e. The van der Waals surface area contributed by atoms with Crippen LogP contribution in [0.2, 0.25) is 0 Å². The molecule has 0 aromatic heterocycles. The maximum Gasteiger partial charge on any atom is 0.332 e. The number of carbonyl (C=O) groups is 1. The van der Waals surface area contributed by atoms with Crippen molar-refractivity contribution >= 4 is 5.97 Å². The first-order valence-corrected chi connectivity index (χ1v) is 7.72. The van der Waals surface area contributed by atoms with Gasteiger partial charge in [0.05, 0.1) is 11.7 Å². The SMILES string of the molecule is CC(C)OC(=O)COC1(CN)CCC(C(C)(C)C)CC1. The normalized spacial score (nSPS) is 27.6. The highest BCUT2D eigenvalue weighted by atomic mass is 16.6. The van der Waals surface area contributed by atoms with Gasteiger partial charge in [0.1, 0.15) is 6.61 Å². The van der Waals surface area contributed by atoms with Crippen molar-refractivity contribution in [1.82, 2.24) is 0 Å². The number of carbonyl (C=O) groups excluding carboxylic acids is 1. The quantitative estimate of drug-likeness (QED) is 0.789. The van der Waals surface area contributed by atoms with Crippen LogP contribution in [0.4, 0.5) is 0 Å². The van der Waals surface area contributed by atoms with Crippen molar-refractivity contribution in [3.8, 4) is 0 Å². The van der Waals surface area contributed by atoms with Crippen molar-refractivity contribution < 1.29 is 14.3 Å². The highest BCUT2D eigenvalue weighted by molar-refractivity contribution is 5.70. The van der Waals surface area contributed by atoms with Gasteiger partial charge in [-0.05, 0) is 50.9 Å². The van der Waals surface area contributed by atoms with E-state index in [0.717, 1.165) is 25.7 Å². The van der Waals surface area contributed by atoms with Gasteiger partial charge in [-0.3, -0.25) is 0 Å². The summed E-state index contributed by atoms with van der Waals surface area (Å²) < 4.78 is 10.9. The number of hydrogen-bond donors (Lipinski definition) is 1. The van der Waals surface area contributed by atoms with Crippen molar-refractivity contribution in [2.24, 2.45) is 17.1 Å². The first-order chi connectivity index (χ1) is 9.18. The van der Waals surface area contributed by atoms with Gasteiger partial charge in [-0.25, -0.2) is 4.79 Å². The van der Waals surface area contributed by atoms with E-state index in [0.29, 0.717) is 17.9 Å². The lowest BCUT2D eigenvalue weighted by atomic mass is 9.68. The molecule has 1 saturated carbocycles. The summed E-state index contributed by atoms with van der Waals surface area (Å²) in [4.78, 5) is 11.6. The van der Waals surface area contributed by atoms with E-state index in [2.05, 4.69) is 20.8 Å². The molecule has 0 aromatic rings. The van der Waals surface area contributed by atoms with Crippen molar-refractivity contribution in [2.75, 3.05) is 13.2 Å². The van der Waals surface area contributed by atoms with E-state index < -0.39 is 0 Å². The monoisotopic (exact) mass is 285 g/mol. The summed E-state index contributed by atoms with van der Waals surface area (Å²) in [7, 11) is 0. The number of nitrogens with two attached hydrogens (primary N) is 1. The van der Waals surface area contributed by atoms with Crippen LogP contribution in [0.5, 0.6) is 0 Å². The summed E-state index contributed by atoms with van der Waals surface area (Å²) in [6.07, 6.45) is 3.98. The van der Waals surface area contributed by atoms with Crippen molar-refractivity contribution in [3.05, 3.63) is 0 Å². The second-order valence-corrected chi connectivity index (χ2v) is 7.35. The van der Waals surface area contributed by atoms with Crippen LogP contribution in [-0.2, 0) is 14.3 Å². The van der Waals surface area contributed by atoms with Crippen LogP contribution in [0.1, 0.15) is 60.3 Å². The first-order valence-electron chi connectivity index (χ1n) is 7.72. The van der Waals surface area contributed by atoms with Gasteiger partial charge in [-0.15, -0.1) is 0 Å². The predicted molar refractivity (Wildman–Crippen MR) is 80.4 cm³/mol. The Morgan fingerprint density at radius 3 is 2.25 bits per heavy atom. The van der Waals surface area contributed by atoms with E-state index in [1.165, 1.54) is 0 Å². The summed E-state index contributed by atoms with van der Waals surface area (Å²) in [5.41, 5.74) is 5.90. The fourth-order valence-corrected chi connectivity index (χ4v) is 2.93. The highest BCUT2D eigenvalue weighted by Gasteiger charge is 2.39. The van der Waals surface area contributed by atoms with Crippen LogP contribution < -0.4 is 5.73 Å². The molecule has 4 nitrogen and oxygen atoms in total. The lowest BCUT2D eigenvalue weighted by Crippen LogP contribution is -2.46. The van der Waals surface area contributed by atoms with Crippen LogP contribution in [-0.4, -0.2) is 30.8 Å². The molecule has 0 aromatic carbocycles. The Kier molecular flexibility index (Phi) is 6.02. The molecule has 4 heteroatoms. The molecule has 0 heterocycles. The van der Waals surface area contributed by atoms with Gasteiger partial charge in [0.25, 0.3) is 0 Å². The fraction of sp³-hybridized carbons (Fsp3) is 0.938. The average molecular weight is 285 g/mol. The molecule has 1 fully saturated rings. The second-order valence-electron chi connectivity index (χ2n) is 7.35. The topological polar surface area (TPSA) is 61.5 Å². The third-order valence-electron chi connectivity index (χ3n) is 4.36. The summed E-state index contributed by atoms with van der Waals surface area (Å²) in [5, 5.41) is 0. The molecule has 0 unspecified atom stereocenters. The van der Waals surface area contributed by atoms with Crippen LogP contribution in [0, 0.1) is 11.3 Å². The molecule has 1 rings (SSSR count). The largest absolute Gasteiger partial charge is 0.461 e. The summed E-state index contributed by atoms with van der Waals surface area (Å²) in [6, 6.07) is 0. The number of hydrogen-bond acceptors (Lipinski definition) is 4. The average Bonchev–Trinajstić information content (AvgIpc) is 2.35. The molecule has 0 bridgehead atoms. The number of rotatable bonds is 5. The van der Waals surface area contributed by atoms with Crippen LogP contribution in [0.3, 0.4) is 0 Å². The Labute approximate surface area is 123 Å². The molecule has 1 aliphatic rings. The van der Waals surface area contributed by atoms with Gasteiger partial charge < -0.3 is 15.2 Å². The Morgan fingerprint density at radius 2 is 1.85 bits per heavy atom. The van der Waals surface area contributed by atoms with E-state index in [-0.39, 0.29) is 24.3 Å². The van der Waals surface area contributed by atoms with E-state index in [9.17, 15) is 4.79 Å². The molecule has 0 saturated heterocycles. The Morgan fingerprint density at radius 1 is 1.30 bits per heavy atom. The minimum absolute atomic E-state index is 0.00949. The van der Waals surface area contributed by atoms with Crippen LogP contribution >= 0.6 is 0 Å². The first kappa shape index (κ1) is 17.4. The van der Waals surface area contributed by atoms with Crippen LogP contribution in [0.25, 0.3) is 0 Å². The van der Waals surface area contributed by atoms with E-state index in [1.807, 2.05) is 13.8 Å². The molecular formula is C16H31NO3. The zero-order chi connectivity index (χ0) is 15.4. The lowest BCUT2D eigenvalue weighted by molar-refractivity contribution is -0.162. The lowest BCUT2D eigenvalue weighted by Gasteiger charge is -2.43.